The Balaban J connectivity index is 1.51. The Morgan fingerprint density at radius 1 is 1.19 bits per heavy atom. The third-order valence-corrected chi connectivity index (χ3v) is 3.76. The zero-order chi connectivity index (χ0) is 14.7. The van der Waals surface area contributed by atoms with Crippen LogP contribution in [0.5, 0.6) is 0 Å². The van der Waals surface area contributed by atoms with Crippen LogP contribution < -0.4 is 5.32 Å². The van der Waals surface area contributed by atoms with Crippen molar-refractivity contribution in [3.8, 4) is 0 Å². The molecule has 0 aliphatic carbocycles. The van der Waals surface area contributed by atoms with Crippen LogP contribution in [-0.4, -0.2) is 17.0 Å². The second-order valence-electron chi connectivity index (χ2n) is 4.78. The van der Waals surface area contributed by atoms with Gasteiger partial charge in [-0.25, -0.2) is 0 Å². The van der Waals surface area contributed by atoms with Gasteiger partial charge in [0.15, 0.2) is 10.4 Å². The van der Waals surface area contributed by atoms with Gasteiger partial charge in [-0.05, 0) is 52.0 Å². The van der Waals surface area contributed by atoms with Crippen LogP contribution in [0, 0.1) is 0 Å². The average Bonchev–Trinajstić information content (AvgIpc) is 3.10. The Bertz CT molecular complexity index is 760. The number of nitrogens with one attached hydrogen (secondary N) is 1. The third-order valence-electron chi connectivity index (χ3n) is 3.34. The number of carbonyl (C=O) groups is 1. The molecule has 3 aromatic rings. The number of hydrogen-bond acceptors (Lipinski definition) is 2. The molecule has 0 atom stereocenters. The first-order chi connectivity index (χ1) is 10.2. The van der Waals surface area contributed by atoms with Gasteiger partial charge in [-0.15, -0.1) is 0 Å². The van der Waals surface area contributed by atoms with E-state index >= 15 is 0 Å². The largest absolute Gasteiger partial charge is 0.444 e. The van der Waals surface area contributed by atoms with E-state index in [9.17, 15) is 4.79 Å². The normalized spacial score (nSPS) is 10.9. The van der Waals surface area contributed by atoms with Gasteiger partial charge < -0.3 is 14.3 Å². The molecule has 1 aromatic carbocycles. The Kier molecular flexibility index (Phi) is 4.10. The van der Waals surface area contributed by atoms with Crippen LogP contribution in [0.1, 0.15) is 17.0 Å². The molecule has 2 heterocycles. The van der Waals surface area contributed by atoms with Gasteiger partial charge in [-0.3, -0.25) is 4.79 Å². The van der Waals surface area contributed by atoms with Crippen molar-refractivity contribution in [3.05, 3.63) is 59.1 Å². The van der Waals surface area contributed by atoms with Crippen molar-refractivity contribution >= 4 is 32.7 Å². The molecule has 1 N–H and O–H groups in total. The quantitative estimate of drug-likeness (QED) is 0.714. The lowest BCUT2D eigenvalue weighted by Crippen LogP contribution is -2.24. The summed E-state index contributed by atoms with van der Waals surface area (Å²) in [5.41, 5.74) is 1.22. The number of furan rings is 1. The maximum absolute atomic E-state index is 11.8. The van der Waals surface area contributed by atoms with Crippen molar-refractivity contribution in [3.63, 3.8) is 0 Å². The average molecular weight is 347 g/mol. The molecule has 1 amide bonds. The van der Waals surface area contributed by atoms with Gasteiger partial charge in [0.1, 0.15) is 0 Å². The van der Waals surface area contributed by atoms with Gasteiger partial charge in [-0.1, -0.05) is 18.2 Å². The SMILES string of the molecule is O=C(NCCCn1ccc2ccccc21)c1ccc(Br)o1. The molecule has 108 valence electrons. The summed E-state index contributed by atoms with van der Waals surface area (Å²) in [4.78, 5) is 11.8. The lowest BCUT2D eigenvalue weighted by molar-refractivity contribution is 0.0924. The van der Waals surface area contributed by atoms with Crippen molar-refractivity contribution in [2.24, 2.45) is 0 Å². The van der Waals surface area contributed by atoms with E-state index in [0.717, 1.165) is 13.0 Å². The van der Waals surface area contributed by atoms with E-state index in [1.54, 1.807) is 12.1 Å². The monoisotopic (exact) mass is 346 g/mol. The minimum Gasteiger partial charge on any atom is -0.444 e. The number of para-hydroxylation sites is 1. The lowest BCUT2D eigenvalue weighted by atomic mass is 10.2. The summed E-state index contributed by atoms with van der Waals surface area (Å²) in [6, 6.07) is 13.7. The standard InChI is InChI=1S/C16H15BrN2O2/c17-15-7-6-14(21-15)16(20)18-9-3-10-19-11-8-12-4-1-2-5-13(12)19/h1-2,4-8,11H,3,9-10H2,(H,18,20). The molecule has 0 saturated heterocycles. The highest BCUT2D eigenvalue weighted by atomic mass is 79.9. The van der Waals surface area contributed by atoms with Gasteiger partial charge >= 0.3 is 0 Å². The summed E-state index contributed by atoms with van der Waals surface area (Å²) >= 11 is 3.18. The molecule has 4 nitrogen and oxygen atoms in total. The van der Waals surface area contributed by atoms with Crippen LogP contribution in [0.25, 0.3) is 10.9 Å². The van der Waals surface area contributed by atoms with Crippen LogP contribution in [0.4, 0.5) is 0 Å². The predicted octanol–water partition coefficient (Wildman–Crippen LogP) is 3.82. The van der Waals surface area contributed by atoms with Gasteiger partial charge in [-0.2, -0.15) is 0 Å². The van der Waals surface area contributed by atoms with E-state index < -0.39 is 0 Å². The highest BCUT2D eigenvalue weighted by Crippen LogP contribution is 2.15. The first-order valence-corrected chi connectivity index (χ1v) is 7.61. The summed E-state index contributed by atoms with van der Waals surface area (Å²) in [5.74, 6) is 0.145. The summed E-state index contributed by atoms with van der Waals surface area (Å²) < 4.78 is 7.97. The molecule has 0 unspecified atom stereocenters. The zero-order valence-corrected chi connectivity index (χ0v) is 13.0. The number of aromatic nitrogens is 1. The minimum atomic E-state index is -0.182. The van der Waals surface area contributed by atoms with Crippen LogP contribution in [0.2, 0.25) is 0 Å². The van der Waals surface area contributed by atoms with Gasteiger partial charge in [0.05, 0.1) is 0 Å². The first-order valence-electron chi connectivity index (χ1n) is 6.81. The van der Waals surface area contributed by atoms with Crippen LogP contribution >= 0.6 is 15.9 Å². The summed E-state index contributed by atoms with van der Waals surface area (Å²) in [6.45, 7) is 1.49. The number of nitrogens with zero attached hydrogens (tertiary/aromatic N) is 1. The number of benzene rings is 1. The van der Waals surface area contributed by atoms with Gasteiger partial charge in [0, 0.05) is 24.8 Å². The van der Waals surface area contributed by atoms with Crippen molar-refractivity contribution in [2.45, 2.75) is 13.0 Å². The van der Waals surface area contributed by atoms with Crippen LogP contribution in [0.3, 0.4) is 0 Å². The van der Waals surface area contributed by atoms with Crippen molar-refractivity contribution in [1.82, 2.24) is 9.88 Å². The molecule has 0 aliphatic rings. The molecule has 3 rings (SSSR count). The minimum absolute atomic E-state index is 0.182. The predicted molar refractivity (Wildman–Crippen MR) is 85.3 cm³/mol. The molecular weight excluding hydrogens is 332 g/mol. The lowest BCUT2D eigenvalue weighted by Gasteiger charge is -2.06. The van der Waals surface area contributed by atoms with E-state index in [0.29, 0.717) is 17.0 Å². The second-order valence-corrected chi connectivity index (χ2v) is 5.56. The summed E-state index contributed by atoms with van der Waals surface area (Å²) in [5, 5.41) is 4.09. The number of amides is 1. The Labute approximate surface area is 130 Å². The zero-order valence-electron chi connectivity index (χ0n) is 11.4. The molecule has 0 radical (unpaired) electrons. The van der Waals surface area contributed by atoms with Crippen molar-refractivity contribution in [1.29, 1.82) is 0 Å². The highest BCUT2D eigenvalue weighted by molar-refractivity contribution is 9.10. The van der Waals surface area contributed by atoms with Gasteiger partial charge in [0.2, 0.25) is 0 Å². The number of carbonyl (C=O) groups excluding carboxylic acids is 1. The Morgan fingerprint density at radius 2 is 2.05 bits per heavy atom. The van der Waals surface area contributed by atoms with E-state index in [1.807, 2.05) is 12.1 Å². The number of rotatable bonds is 5. The highest BCUT2D eigenvalue weighted by Gasteiger charge is 2.09. The van der Waals surface area contributed by atoms with E-state index in [1.165, 1.54) is 10.9 Å². The molecule has 0 bridgehead atoms. The molecule has 0 saturated carbocycles. The fourth-order valence-electron chi connectivity index (χ4n) is 2.31. The first kappa shape index (κ1) is 13.9. The molecule has 21 heavy (non-hydrogen) atoms. The number of halogens is 1. The third kappa shape index (κ3) is 3.19. The molecule has 2 aromatic heterocycles. The van der Waals surface area contributed by atoms with E-state index in [2.05, 4.69) is 50.2 Å². The fourth-order valence-corrected chi connectivity index (χ4v) is 2.62. The van der Waals surface area contributed by atoms with E-state index in [4.69, 9.17) is 4.42 Å². The molecule has 5 heteroatoms. The summed E-state index contributed by atoms with van der Waals surface area (Å²) in [6.07, 6.45) is 2.95. The molecule has 0 spiro atoms. The molecule has 0 fully saturated rings. The molecular formula is C16H15BrN2O2. The second kappa shape index (κ2) is 6.18. The molecule has 0 aliphatic heterocycles. The van der Waals surface area contributed by atoms with Crippen molar-refractivity contribution in [2.75, 3.05) is 6.54 Å². The van der Waals surface area contributed by atoms with Crippen molar-refractivity contribution < 1.29 is 9.21 Å². The topological polar surface area (TPSA) is 47.2 Å². The van der Waals surface area contributed by atoms with Crippen LogP contribution in [0.15, 0.2) is 57.7 Å². The number of hydrogen-bond donors (Lipinski definition) is 1. The van der Waals surface area contributed by atoms with Crippen LogP contribution in [-0.2, 0) is 6.54 Å². The van der Waals surface area contributed by atoms with Gasteiger partial charge in [0.25, 0.3) is 5.91 Å². The number of aryl methyl sites for hydroxylation is 1. The summed E-state index contributed by atoms with van der Waals surface area (Å²) in [7, 11) is 0. The Hall–Kier alpha value is -2.01. The Morgan fingerprint density at radius 3 is 2.86 bits per heavy atom. The smallest absolute Gasteiger partial charge is 0.287 e. The van der Waals surface area contributed by atoms with E-state index in [-0.39, 0.29) is 5.91 Å². The maximum Gasteiger partial charge on any atom is 0.287 e. The number of fused-ring (bicyclic) bond motifs is 1. The maximum atomic E-state index is 11.8. The fraction of sp³-hybridized carbons (Fsp3) is 0.188.